The highest BCUT2D eigenvalue weighted by Gasteiger charge is 2.29. The minimum absolute atomic E-state index is 0.107. The van der Waals surface area contributed by atoms with Crippen molar-refractivity contribution in [3.8, 4) is 0 Å². The SMILES string of the molecule is CC[C@@H](C(=O)N(Cc1cc(N)ccc1N(C)C)C[C@H]1CCCO1)c1ccccc1. The summed E-state index contributed by atoms with van der Waals surface area (Å²) in [5.41, 5.74) is 9.99. The molecule has 0 unspecified atom stereocenters. The van der Waals surface area contributed by atoms with E-state index in [2.05, 4.69) is 11.8 Å². The molecule has 0 aliphatic carbocycles. The predicted molar refractivity (Wildman–Crippen MR) is 119 cm³/mol. The minimum Gasteiger partial charge on any atom is -0.399 e. The second-order valence-corrected chi connectivity index (χ2v) is 8.01. The third-order valence-corrected chi connectivity index (χ3v) is 5.61. The van der Waals surface area contributed by atoms with Crippen LogP contribution in [0.1, 0.15) is 43.2 Å². The van der Waals surface area contributed by atoms with Gasteiger partial charge in [0.2, 0.25) is 5.91 Å². The molecule has 2 atom stereocenters. The maximum Gasteiger partial charge on any atom is 0.230 e. The van der Waals surface area contributed by atoms with Gasteiger partial charge < -0.3 is 20.3 Å². The summed E-state index contributed by atoms with van der Waals surface area (Å²) in [4.78, 5) is 17.7. The molecule has 1 saturated heterocycles. The zero-order chi connectivity index (χ0) is 20.8. The number of nitrogens with two attached hydrogens (primary N) is 1. The van der Waals surface area contributed by atoms with E-state index < -0.39 is 0 Å². The summed E-state index contributed by atoms with van der Waals surface area (Å²) >= 11 is 0. The third-order valence-electron chi connectivity index (χ3n) is 5.61. The number of benzene rings is 2. The fraction of sp³-hybridized carbons (Fsp3) is 0.458. The first-order valence-corrected chi connectivity index (χ1v) is 10.5. The number of anilines is 2. The van der Waals surface area contributed by atoms with Gasteiger partial charge in [-0.3, -0.25) is 4.79 Å². The molecule has 29 heavy (non-hydrogen) atoms. The predicted octanol–water partition coefficient (Wildman–Crippen LogP) is 4.04. The number of ether oxygens (including phenoxy) is 1. The number of hydrogen-bond donors (Lipinski definition) is 1. The molecule has 5 nitrogen and oxygen atoms in total. The lowest BCUT2D eigenvalue weighted by Crippen LogP contribution is -2.40. The first-order chi connectivity index (χ1) is 14.0. The summed E-state index contributed by atoms with van der Waals surface area (Å²) in [6.45, 7) is 4.00. The van der Waals surface area contributed by atoms with Crippen LogP contribution in [-0.4, -0.2) is 44.2 Å². The monoisotopic (exact) mass is 395 g/mol. The van der Waals surface area contributed by atoms with Crippen molar-refractivity contribution < 1.29 is 9.53 Å². The van der Waals surface area contributed by atoms with E-state index in [1.807, 2.05) is 67.5 Å². The van der Waals surface area contributed by atoms with E-state index in [1.54, 1.807) is 0 Å². The fourth-order valence-electron chi connectivity index (χ4n) is 4.10. The summed E-state index contributed by atoms with van der Waals surface area (Å²) in [5, 5.41) is 0. The Morgan fingerprint density at radius 2 is 1.97 bits per heavy atom. The number of amides is 1. The molecule has 3 rings (SSSR count). The summed E-state index contributed by atoms with van der Waals surface area (Å²) < 4.78 is 5.86. The Bertz CT molecular complexity index is 801. The maximum atomic E-state index is 13.7. The Morgan fingerprint density at radius 1 is 1.21 bits per heavy atom. The van der Waals surface area contributed by atoms with Crippen molar-refractivity contribution in [3.63, 3.8) is 0 Å². The summed E-state index contributed by atoms with van der Waals surface area (Å²) in [6, 6.07) is 16.0. The highest BCUT2D eigenvalue weighted by Crippen LogP contribution is 2.28. The standard InChI is InChI=1S/C24H33N3O2/c1-4-22(18-9-6-5-7-10-18)24(28)27(17-21-11-8-14-29-21)16-19-15-20(25)12-13-23(19)26(2)3/h5-7,9-10,12-13,15,21-22H,4,8,11,14,16-17,25H2,1-3H3/t21-,22-/m1/s1. The van der Waals surface area contributed by atoms with Gasteiger partial charge >= 0.3 is 0 Å². The molecule has 0 aromatic heterocycles. The van der Waals surface area contributed by atoms with Crippen LogP contribution in [0.4, 0.5) is 11.4 Å². The Labute approximate surface area is 174 Å². The van der Waals surface area contributed by atoms with Gasteiger partial charge in [0.15, 0.2) is 0 Å². The van der Waals surface area contributed by atoms with Crippen LogP contribution in [0.2, 0.25) is 0 Å². The van der Waals surface area contributed by atoms with Gasteiger partial charge in [-0.2, -0.15) is 0 Å². The Morgan fingerprint density at radius 3 is 2.59 bits per heavy atom. The average molecular weight is 396 g/mol. The molecule has 1 aliphatic heterocycles. The van der Waals surface area contributed by atoms with E-state index in [9.17, 15) is 4.79 Å². The summed E-state index contributed by atoms with van der Waals surface area (Å²) in [7, 11) is 4.03. The minimum atomic E-state index is -0.151. The number of carbonyl (C=O) groups is 1. The van der Waals surface area contributed by atoms with Crippen LogP contribution in [0.3, 0.4) is 0 Å². The van der Waals surface area contributed by atoms with Crippen LogP contribution < -0.4 is 10.6 Å². The van der Waals surface area contributed by atoms with E-state index in [-0.39, 0.29) is 17.9 Å². The first-order valence-electron chi connectivity index (χ1n) is 10.5. The molecule has 0 bridgehead atoms. The van der Waals surface area contributed by atoms with Crippen LogP contribution in [0.15, 0.2) is 48.5 Å². The average Bonchev–Trinajstić information content (AvgIpc) is 3.22. The normalized spacial score (nSPS) is 17.1. The van der Waals surface area contributed by atoms with Crippen molar-refractivity contribution in [1.29, 1.82) is 0 Å². The molecule has 0 radical (unpaired) electrons. The first kappa shape index (κ1) is 21.2. The molecule has 1 heterocycles. The lowest BCUT2D eigenvalue weighted by molar-refractivity contribution is -0.135. The smallest absolute Gasteiger partial charge is 0.230 e. The van der Waals surface area contributed by atoms with Crippen molar-refractivity contribution in [2.45, 2.75) is 44.8 Å². The molecular formula is C24H33N3O2. The molecule has 1 fully saturated rings. The molecule has 156 valence electrons. The van der Waals surface area contributed by atoms with E-state index in [4.69, 9.17) is 10.5 Å². The molecule has 5 heteroatoms. The van der Waals surface area contributed by atoms with E-state index in [0.717, 1.165) is 42.7 Å². The largest absolute Gasteiger partial charge is 0.399 e. The zero-order valence-corrected chi connectivity index (χ0v) is 17.8. The lowest BCUT2D eigenvalue weighted by Gasteiger charge is -2.31. The molecule has 0 saturated carbocycles. The number of nitrogens with zero attached hydrogens (tertiary/aromatic N) is 2. The third kappa shape index (κ3) is 5.30. The molecule has 2 aromatic rings. The van der Waals surface area contributed by atoms with Gasteiger partial charge in [0.25, 0.3) is 0 Å². The number of nitrogen functional groups attached to an aromatic ring is 1. The Balaban J connectivity index is 1.90. The van der Waals surface area contributed by atoms with Crippen LogP contribution in [0.5, 0.6) is 0 Å². The van der Waals surface area contributed by atoms with Crippen LogP contribution in [-0.2, 0) is 16.1 Å². The Hall–Kier alpha value is -2.53. The van der Waals surface area contributed by atoms with Crippen molar-refractivity contribution in [1.82, 2.24) is 4.90 Å². The zero-order valence-electron chi connectivity index (χ0n) is 17.8. The number of rotatable bonds is 8. The van der Waals surface area contributed by atoms with Gasteiger partial charge in [-0.1, -0.05) is 37.3 Å². The van der Waals surface area contributed by atoms with Crippen molar-refractivity contribution in [3.05, 3.63) is 59.7 Å². The van der Waals surface area contributed by atoms with Crippen molar-refractivity contribution in [2.24, 2.45) is 0 Å². The Kier molecular flexibility index (Phi) is 7.15. The summed E-state index contributed by atoms with van der Waals surface area (Å²) in [5.74, 6) is 0.00259. The van der Waals surface area contributed by atoms with Crippen LogP contribution >= 0.6 is 0 Å². The molecule has 2 N–H and O–H groups in total. The summed E-state index contributed by atoms with van der Waals surface area (Å²) in [6.07, 6.45) is 2.94. The molecular weight excluding hydrogens is 362 g/mol. The second kappa shape index (κ2) is 9.79. The van der Waals surface area contributed by atoms with Crippen LogP contribution in [0, 0.1) is 0 Å². The van der Waals surface area contributed by atoms with Gasteiger partial charge in [0, 0.05) is 45.2 Å². The van der Waals surface area contributed by atoms with Crippen molar-refractivity contribution >= 4 is 17.3 Å². The maximum absolute atomic E-state index is 13.7. The second-order valence-electron chi connectivity index (χ2n) is 8.01. The number of carbonyl (C=O) groups excluding carboxylic acids is 1. The van der Waals surface area contributed by atoms with Gasteiger partial charge in [-0.15, -0.1) is 0 Å². The number of hydrogen-bond acceptors (Lipinski definition) is 4. The van der Waals surface area contributed by atoms with Crippen molar-refractivity contribution in [2.75, 3.05) is 37.9 Å². The fourth-order valence-corrected chi connectivity index (χ4v) is 4.10. The van der Waals surface area contributed by atoms with E-state index in [1.165, 1.54) is 0 Å². The van der Waals surface area contributed by atoms with E-state index in [0.29, 0.717) is 18.8 Å². The quantitative estimate of drug-likeness (QED) is 0.686. The van der Waals surface area contributed by atoms with Gasteiger partial charge in [0.05, 0.1) is 12.0 Å². The molecule has 2 aromatic carbocycles. The highest BCUT2D eigenvalue weighted by molar-refractivity contribution is 5.84. The lowest BCUT2D eigenvalue weighted by atomic mass is 9.94. The van der Waals surface area contributed by atoms with Gasteiger partial charge in [-0.25, -0.2) is 0 Å². The van der Waals surface area contributed by atoms with Gasteiger partial charge in [0.1, 0.15) is 0 Å². The topological polar surface area (TPSA) is 58.8 Å². The van der Waals surface area contributed by atoms with Crippen LogP contribution in [0.25, 0.3) is 0 Å². The highest BCUT2D eigenvalue weighted by atomic mass is 16.5. The van der Waals surface area contributed by atoms with E-state index >= 15 is 0 Å². The van der Waals surface area contributed by atoms with Gasteiger partial charge in [-0.05, 0) is 48.6 Å². The molecule has 1 amide bonds. The molecule has 0 spiro atoms. The molecule has 1 aliphatic rings.